The number of benzene rings is 1. The maximum absolute atomic E-state index is 11.9. The van der Waals surface area contributed by atoms with Gasteiger partial charge >= 0.3 is 0 Å². The van der Waals surface area contributed by atoms with Crippen LogP contribution in [0.15, 0.2) is 54.9 Å². The van der Waals surface area contributed by atoms with E-state index >= 15 is 0 Å². The molecule has 5 nitrogen and oxygen atoms in total. The van der Waals surface area contributed by atoms with Gasteiger partial charge in [-0.3, -0.25) is 9.78 Å². The number of piperidine rings is 1. The van der Waals surface area contributed by atoms with Crippen molar-refractivity contribution in [3.63, 3.8) is 0 Å². The van der Waals surface area contributed by atoms with Crippen molar-refractivity contribution in [2.45, 2.75) is 6.42 Å². The third kappa shape index (κ3) is 3.72. The summed E-state index contributed by atoms with van der Waals surface area (Å²) in [5, 5.41) is 2.99. The molecule has 2 aromatic rings. The van der Waals surface area contributed by atoms with Crippen LogP contribution in [0, 0.1) is 17.8 Å². The second-order valence-electron chi connectivity index (χ2n) is 7.19. The van der Waals surface area contributed by atoms with Gasteiger partial charge in [0.05, 0.1) is 0 Å². The molecule has 2 atom stereocenters. The second-order valence-corrected chi connectivity index (χ2v) is 7.19. The van der Waals surface area contributed by atoms with Gasteiger partial charge in [0.2, 0.25) is 5.91 Å². The maximum atomic E-state index is 11.9. The van der Waals surface area contributed by atoms with Crippen LogP contribution in [0.3, 0.4) is 0 Å². The fraction of sp³-hybridized carbons (Fsp3) is 0.333. The van der Waals surface area contributed by atoms with Crippen LogP contribution in [-0.4, -0.2) is 30.5 Å². The lowest BCUT2D eigenvalue weighted by molar-refractivity contribution is -0.116. The highest BCUT2D eigenvalue weighted by molar-refractivity contribution is 5.91. The van der Waals surface area contributed by atoms with Gasteiger partial charge in [0.25, 0.3) is 0 Å². The molecule has 2 heterocycles. The predicted molar refractivity (Wildman–Crippen MR) is 104 cm³/mol. The normalized spacial score (nSPS) is 23.8. The Hall–Kier alpha value is -2.82. The van der Waals surface area contributed by atoms with E-state index in [2.05, 4.69) is 27.3 Å². The number of rotatable bonds is 6. The van der Waals surface area contributed by atoms with Gasteiger partial charge in [0, 0.05) is 49.5 Å². The van der Waals surface area contributed by atoms with Crippen LogP contribution in [0.4, 0.5) is 11.4 Å². The first-order valence-corrected chi connectivity index (χ1v) is 9.17. The summed E-state index contributed by atoms with van der Waals surface area (Å²) in [6, 6.07) is 11.9. The Morgan fingerprint density at radius 1 is 1.27 bits per heavy atom. The smallest absolute Gasteiger partial charge is 0.244 e. The molecule has 3 N–H and O–H groups in total. The van der Waals surface area contributed by atoms with Gasteiger partial charge in [-0.2, -0.15) is 0 Å². The number of anilines is 2. The number of nitrogens with zero attached hydrogens (tertiary/aromatic N) is 2. The standard InChI is InChI=1S/C21H24N4O/c22-16-4-1-5-17(11-16)25-13-19-18(20(19)14-25)8-10-24-21(26)7-6-15-3-2-9-23-12-15/h1-7,9,11-12,18-20H,8,10,13-14,22H2,(H,24,26)/b7-6+. The number of nitrogens with two attached hydrogens (primary N) is 1. The first kappa shape index (κ1) is 16.6. The van der Waals surface area contributed by atoms with Gasteiger partial charge in [-0.25, -0.2) is 0 Å². The minimum absolute atomic E-state index is 0.0407. The quantitative estimate of drug-likeness (QED) is 0.622. The van der Waals surface area contributed by atoms with Crippen LogP contribution >= 0.6 is 0 Å². The summed E-state index contributed by atoms with van der Waals surface area (Å²) in [6.07, 6.45) is 7.88. The van der Waals surface area contributed by atoms with Crippen LogP contribution in [0.25, 0.3) is 6.08 Å². The molecule has 2 fully saturated rings. The lowest BCUT2D eigenvalue weighted by Gasteiger charge is -2.22. The van der Waals surface area contributed by atoms with Gasteiger partial charge < -0.3 is 16.0 Å². The highest BCUT2D eigenvalue weighted by Crippen LogP contribution is 2.54. The van der Waals surface area contributed by atoms with E-state index in [-0.39, 0.29) is 5.91 Å². The van der Waals surface area contributed by atoms with Crippen molar-refractivity contribution < 1.29 is 4.79 Å². The molecular weight excluding hydrogens is 324 g/mol. The Bertz CT molecular complexity index is 793. The molecule has 1 aliphatic heterocycles. The Morgan fingerprint density at radius 2 is 2.12 bits per heavy atom. The molecule has 1 aromatic carbocycles. The van der Waals surface area contributed by atoms with Gasteiger partial charge in [0.1, 0.15) is 0 Å². The average Bonchev–Trinajstić information content (AvgIpc) is 3.10. The van der Waals surface area contributed by atoms with Crippen LogP contribution in [0.2, 0.25) is 0 Å². The van der Waals surface area contributed by atoms with Crippen molar-refractivity contribution in [2.75, 3.05) is 30.3 Å². The molecular formula is C21H24N4O. The molecule has 26 heavy (non-hydrogen) atoms. The molecule has 0 bridgehead atoms. The molecule has 4 rings (SSSR count). The van der Waals surface area contributed by atoms with E-state index in [0.717, 1.165) is 55.1 Å². The lowest BCUT2D eigenvalue weighted by atomic mass is 10.1. The molecule has 1 saturated carbocycles. The predicted octanol–water partition coefficient (Wildman–Crippen LogP) is 2.57. The van der Waals surface area contributed by atoms with E-state index in [0.29, 0.717) is 0 Å². The lowest BCUT2D eigenvalue weighted by Crippen LogP contribution is -2.26. The molecule has 134 valence electrons. The molecule has 1 aliphatic carbocycles. The number of pyridine rings is 1. The van der Waals surface area contributed by atoms with Crippen molar-refractivity contribution in [1.29, 1.82) is 0 Å². The maximum Gasteiger partial charge on any atom is 0.244 e. The number of amides is 1. The number of hydrogen-bond donors (Lipinski definition) is 2. The molecule has 1 amide bonds. The first-order valence-electron chi connectivity index (χ1n) is 9.17. The molecule has 1 aromatic heterocycles. The summed E-state index contributed by atoms with van der Waals surface area (Å²) >= 11 is 0. The van der Waals surface area contributed by atoms with Crippen molar-refractivity contribution >= 4 is 23.4 Å². The molecule has 5 heteroatoms. The first-order chi connectivity index (χ1) is 12.7. The van der Waals surface area contributed by atoms with Crippen LogP contribution in [0.5, 0.6) is 0 Å². The average molecular weight is 348 g/mol. The van der Waals surface area contributed by atoms with Crippen molar-refractivity contribution in [1.82, 2.24) is 10.3 Å². The number of nitrogens with one attached hydrogen (secondary N) is 1. The van der Waals surface area contributed by atoms with E-state index in [9.17, 15) is 4.79 Å². The van der Waals surface area contributed by atoms with Gasteiger partial charge in [0.15, 0.2) is 0 Å². The van der Waals surface area contributed by atoms with Crippen LogP contribution in [-0.2, 0) is 4.79 Å². The van der Waals surface area contributed by atoms with Crippen molar-refractivity contribution in [3.8, 4) is 0 Å². The topological polar surface area (TPSA) is 71.2 Å². The number of fused-ring (bicyclic) bond motifs is 1. The zero-order valence-electron chi connectivity index (χ0n) is 14.7. The Balaban J connectivity index is 1.18. The van der Waals surface area contributed by atoms with Gasteiger partial charge in [-0.1, -0.05) is 12.1 Å². The summed E-state index contributed by atoms with van der Waals surface area (Å²) in [6.45, 7) is 2.95. The van der Waals surface area contributed by atoms with Crippen molar-refractivity contribution in [3.05, 3.63) is 60.4 Å². The van der Waals surface area contributed by atoms with Crippen molar-refractivity contribution in [2.24, 2.45) is 17.8 Å². The minimum atomic E-state index is -0.0407. The monoisotopic (exact) mass is 348 g/mol. The fourth-order valence-corrected chi connectivity index (χ4v) is 4.08. The highest BCUT2D eigenvalue weighted by atomic mass is 16.1. The molecule has 2 unspecified atom stereocenters. The molecule has 0 spiro atoms. The molecule has 2 aliphatic rings. The summed E-state index contributed by atoms with van der Waals surface area (Å²) in [4.78, 5) is 18.4. The number of nitrogen functional groups attached to an aromatic ring is 1. The van der Waals surface area contributed by atoms with E-state index in [4.69, 9.17) is 5.73 Å². The zero-order valence-corrected chi connectivity index (χ0v) is 14.7. The number of carbonyl (C=O) groups excluding carboxylic acids is 1. The SMILES string of the molecule is Nc1cccc(N2CC3C(CCNC(=O)/C=C/c4cccnc4)C3C2)c1. The Morgan fingerprint density at radius 3 is 2.85 bits per heavy atom. The van der Waals surface area contributed by atoms with Crippen LogP contribution < -0.4 is 16.0 Å². The Kier molecular flexibility index (Phi) is 4.61. The highest BCUT2D eigenvalue weighted by Gasteiger charge is 2.54. The van der Waals surface area contributed by atoms with Crippen LogP contribution in [0.1, 0.15) is 12.0 Å². The number of carbonyl (C=O) groups is 1. The Labute approximate surface area is 153 Å². The second kappa shape index (κ2) is 7.20. The third-order valence-corrected chi connectivity index (χ3v) is 5.50. The van der Waals surface area contributed by atoms with E-state index in [1.807, 2.05) is 24.3 Å². The third-order valence-electron chi connectivity index (χ3n) is 5.50. The minimum Gasteiger partial charge on any atom is -0.399 e. The molecule has 0 radical (unpaired) electrons. The number of hydrogen-bond acceptors (Lipinski definition) is 4. The summed E-state index contributed by atoms with van der Waals surface area (Å²) < 4.78 is 0. The summed E-state index contributed by atoms with van der Waals surface area (Å²) in [5.41, 5.74) is 8.86. The van der Waals surface area contributed by atoms with Gasteiger partial charge in [-0.05, 0) is 60.1 Å². The summed E-state index contributed by atoms with van der Waals surface area (Å²) in [5.74, 6) is 2.23. The zero-order chi connectivity index (χ0) is 17.9. The van der Waals surface area contributed by atoms with E-state index in [1.165, 1.54) is 5.69 Å². The molecule has 1 saturated heterocycles. The fourth-order valence-electron chi connectivity index (χ4n) is 4.08. The van der Waals surface area contributed by atoms with E-state index < -0.39 is 0 Å². The number of aromatic nitrogens is 1. The van der Waals surface area contributed by atoms with Gasteiger partial charge in [-0.15, -0.1) is 0 Å². The van der Waals surface area contributed by atoms with E-state index in [1.54, 1.807) is 24.5 Å². The summed E-state index contributed by atoms with van der Waals surface area (Å²) in [7, 11) is 0. The largest absolute Gasteiger partial charge is 0.399 e.